The van der Waals surface area contributed by atoms with Crippen LogP contribution in [0.1, 0.15) is 6.92 Å². The molecule has 0 spiro atoms. The molecular formula is C18H20Cl2N2O3. The van der Waals surface area contributed by atoms with Crippen molar-refractivity contribution in [2.24, 2.45) is 0 Å². The van der Waals surface area contributed by atoms with Crippen molar-refractivity contribution in [1.82, 2.24) is 0 Å². The molecule has 25 heavy (non-hydrogen) atoms. The fourth-order valence-electron chi connectivity index (χ4n) is 2.01. The highest BCUT2D eigenvalue weighted by atomic mass is 35.5. The first-order chi connectivity index (χ1) is 12.1. The van der Waals surface area contributed by atoms with Gasteiger partial charge in [0.05, 0.1) is 23.9 Å². The van der Waals surface area contributed by atoms with E-state index in [0.29, 0.717) is 41.2 Å². The maximum atomic E-state index is 12.0. The highest BCUT2D eigenvalue weighted by molar-refractivity contribution is 6.35. The average Bonchev–Trinajstić information content (AvgIpc) is 2.61. The Hall–Kier alpha value is -1.95. The van der Waals surface area contributed by atoms with Crippen molar-refractivity contribution in [2.75, 3.05) is 37.0 Å². The molecule has 2 N–H and O–H groups in total. The van der Waals surface area contributed by atoms with Gasteiger partial charge in [0, 0.05) is 17.3 Å². The highest BCUT2D eigenvalue weighted by Gasteiger charge is 2.06. The van der Waals surface area contributed by atoms with Crippen molar-refractivity contribution in [3.05, 3.63) is 52.5 Å². The van der Waals surface area contributed by atoms with E-state index in [2.05, 4.69) is 10.6 Å². The predicted octanol–water partition coefficient (Wildman–Crippen LogP) is 4.46. The van der Waals surface area contributed by atoms with E-state index in [1.165, 1.54) is 0 Å². The SMILES string of the molecule is CCOCCOc1ccc(NC(=O)CNc2cc(Cl)ccc2Cl)cc1. The zero-order valence-electron chi connectivity index (χ0n) is 13.9. The molecule has 2 aromatic carbocycles. The third-order valence-electron chi connectivity index (χ3n) is 3.21. The van der Waals surface area contributed by atoms with Crippen LogP contribution in [0.2, 0.25) is 10.0 Å². The molecule has 0 saturated carbocycles. The first kappa shape index (κ1) is 19.4. The van der Waals surface area contributed by atoms with Gasteiger partial charge in [-0.25, -0.2) is 0 Å². The topological polar surface area (TPSA) is 59.6 Å². The Labute approximate surface area is 157 Å². The summed E-state index contributed by atoms with van der Waals surface area (Å²) in [5.41, 5.74) is 1.29. The fraction of sp³-hybridized carbons (Fsp3) is 0.278. The van der Waals surface area contributed by atoms with E-state index in [0.717, 1.165) is 5.75 Å². The molecule has 7 heteroatoms. The lowest BCUT2D eigenvalue weighted by Crippen LogP contribution is -2.21. The lowest BCUT2D eigenvalue weighted by molar-refractivity contribution is -0.114. The number of halogens is 2. The van der Waals surface area contributed by atoms with Crippen LogP contribution < -0.4 is 15.4 Å². The van der Waals surface area contributed by atoms with E-state index in [1.54, 1.807) is 42.5 Å². The lowest BCUT2D eigenvalue weighted by atomic mass is 10.3. The van der Waals surface area contributed by atoms with Gasteiger partial charge in [-0.05, 0) is 49.4 Å². The largest absolute Gasteiger partial charge is 0.491 e. The number of hydrogen-bond donors (Lipinski definition) is 2. The minimum absolute atomic E-state index is 0.0761. The summed E-state index contributed by atoms with van der Waals surface area (Å²) in [5.74, 6) is 0.530. The van der Waals surface area contributed by atoms with E-state index in [9.17, 15) is 4.79 Å². The fourth-order valence-corrected chi connectivity index (χ4v) is 2.37. The number of anilines is 2. The lowest BCUT2D eigenvalue weighted by Gasteiger charge is -2.10. The summed E-state index contributed by atoms with van der Waals surface area (Å²) in [7, 11) is 0. The van der Waals surface area contributed by atoms with Crippen LogP contribution in [0.5, 0.6) is 5.75 Å². The van der Waals surface area contributed by atoms with Gasteiger partial charge in [0.25, 0.3) is 0 Å². The zero-order chi connectivity index (χ0) is 18.1. The summed E-state index contributed by atoms with van der Waals surface area (Å²) in [4.78, 5) is 12.0. The van der Waals surface area contributed by atoms with Gasteiger partial charge in [-0.3, -0.25) is 4.79 Å². The van der Waals surface area contributed by atoms with Crippen LogP contribution in [0, 0.1) is 0 Å². The molecule has 0 aliphatic heterocycles. The Kier molecular flexibility index (Phi) is 7.85. The molecule has 5 nitrogen and oxygen atoms in total. The molecule has 0 atom stereocenters. The van der Waals surface area contributed by atoms with Crippen LogP contribution in [0.25, 0.3) is 0 Å². The number of carbonyl (C=O) groups excluding carboxylic acids is 1. The molecule has 0 fully saturated rings. The number of carbonyl (C=O) groups is 1. The van der Waals surface area contributed by atoms with Crippen molar-refractivity contribution >= 4 is 40.5 Å². The third-order valence-corrected chi connectivity index (χ3v) is 3.77. The number of amides is 1. The minimum Gasteiger partial charge on any atom is -0.491 e. The molecule has 2 aromatic rings. The second kappa shape index (κ2) is 10.1. The number of rotatable bonds is 9. The van der Waals surface area contributed by atoms with Gasteiger partial charge < -0.3 is 20.1 Å². The van der Waals surface area contributed by atoms with Crippen molar-refractivity contribution in [3.63, 3.8) is 0 Å². The summed E-state index contributed by atoms with van der Waals surface area (Å²) in [6.07, 6.45) is 0. The monoisotopic (exact) mass is 382 g/mol. The summed E-state index contributed by atoms with van der Waals surface area (Å²) >= 11 is 12.0. The van der Waals surface area contributed by atoms with Gasteiger partial charge in [-0.2, -0.15) is 0 Å². The maximum absolute atomic E-state index is 12.0. The molecule has 0 bridgehead atoms. The highest BCUT2D eigenvalue weighted by Crippen LogP contribution is 2.25. The van der Waals surface area contributed by atoms with E-state index in [1.807, 2.05) is 6.92 Å². The summed E-state index contributed by atoms with van der Waals surface area (Å²) in [5, 5.41) is 6.80. The number of nitrogens with one attached hydrogen (secondary N) is 2. The predicted molar refractivity (Wildman–Crippen MR) is 102 cm³/mol. The Morgan fingerprint density at radius 1 is 1.08 bits per heavy atom. The van der Waals surface area contributed by atoms with Crippen LogP contribution in [0.15, 0.2) is 42.5 Å². The van der Waals surface area contributed by atoms with E-state index >= 15 is 0 Å². The molecule has 1 amide bonds. The van der Waals surface area contributed by atoms with Gasteiger partial charge in [0.1, 0.15) is 12.4 Å². The second-order valence-electron chi connectivity index (χ2n) is 5.10. The third kappa shape index (κ3) is 6.82. The molecule has 2 rings (SSSR count). The normalized spacial score (nSPS) is 10.4. The van der Waals surface area contributed by atoms with E-state index in [-0.39, 0.29) is 12.5 Å². The first-order valence-corrected chi connectivity index (χ1v) is 8.63. The standard InChI is InChI=1S/C18H20Cl2N2O3/c1-2-24-9-10-25-15-6-4-14(5-7-15)22-18(23)12-21-17-11-13(19)3-8-16(17)20/h3-8,11,21H,2,9-10,12H2,1H3,(H,22,23). The minimum atomic E-state index is -0.193. The van der Waals surface area contributed by atoms with Crippen molar-refractivity contribution in [1.29, 1.82) is 0 Å². The average molecular weight is 383 g/mol. The molecule has 0 aromatic heterocycles. The van der Waals surface area contributed by atoms with Crippen molar-refractivity contribution in [2.45, 2.75) is 6.92 Å². The van der Waals surface area contributed by atoms with Gasteiger partial charge in [0.15, 0.2) is 0 Å². The Balaban J connectivity index is 1.79. The summed E-state index contributed by atoms with van der Waals surface area (Å²) in [6.45, 7) is 3.72. The van der Waals surface area contributed by atoms with E-state index in [4.69, 9.17) is 32.7 Å². The van der Waals surface area contributed by atoms with Crippen molar-refractivity contribution in [3.8, 4) is 5.75 Å². The van der Waals surface area contributed by atoms with Gasteiger partial charge in [-0.1, -0.05) is 23.2 Å². The van der Waals surface area contributed by atoms with Crippen molar-refractivity contribution < 1.29 is 14.3 Å². The molecular weight excluding hydrogens is 363 g/mol. The number of benzene rings is 2. The van der Waals surface area contributed by atoms with Crippen LogP contribution in [0.4, 0.5) is 11.4 Å². The van der Waals surface area contributed by atoms with Crippen LogP contribution in [-0.2, 0) is 9.53 Å². The number of hydrogen-bond acceptors (Lipinski definition) is 4. The Morgan fingerprint density at radius 3 is 2.56 bits per heavy atom. The molecule has 0 radical (unpaired) electrons. The van der Waals surface area contributed by atoms with Crippen LogP contribution >= 0.6 is 23.2 Å². The molecule has 0 heterocycles. The second-order valence-corrected chi connectivity index (χ2v) is 5.94. The Bertz CT molecular complexity index is 693. The van der Waals surface area contributed by atoms with Crippen LogP contribution in [0.3, 0.4) is 0 Å². The molecule has 0 aliphatic carbocycles. The smallest absolute Gasteiger partial charge is 0.243 e. The zero-order valence-corrected chi connectivity index (χ0v) is 15.4. The maximum Gasteiger partial charge on any atom is 0.243 e. The molecule has 0 saturated heterocycles. The Morgan fingerprint density at radius 2 is 1.84 bits per heavy atom. The molecule has 134 valence electrons. The first-order valence-electron chi connectivity index (χ1n) is 7.88. The molecule has 0 unspecified atom stereocenters. The van der Waals surface area contributed by atoms with Gasteiger partial charge in [-0.15, -0.1) is 0 Å². The quantitative estimate of drug-likeness (QED) is 0.628. The van der Waals surface area contributed by atoms with E-state index < -0.39 is 0 Å². The van der Waals surface area contributed by atoms with Gasteiger partial charge >= 0.3 is 0 Å². The van der Waals surface area contributed by atoms with Gasteiger partial charge in [0.2, 0.25) is 5.91 Å². The summed E-state index contributed by atoms with van der Waals surface area (Å²) in [6, 6.07) is 12.2. The molecule has 0 aliphatic rings. The number of ether oxygens (including phenoxy) is 2. The van der Waals surface area contributed by atoms with Crippen LogP contribution in [-0.4, -0.2) is 32.3 Å². The summed E-state index contributed by atoms with van der Waals surface area (Å²) < 4.78 is 10.7.